The van der Waals surface area contributed by atoms with Gasteiger partial charge >= 0.3 is 0 Å². The number of benzene rings is 1. The molecule has 3 aromatic rings. The molecule has 1 atom stereocenters. The van der Waals surface area contributed by atoms with Gasteiger partial charge in [-0.25, -0.2) is 14.4 Å². The molecule has 0 amide bonds. The summed E-state index contributed by atoms with van der Waals surface area (Å²) >= 11 is 1.63. The quantitative estimate of drug-likeness (QED) is 0.706. The van der Waals surface area contributed by atoms with E-state index in [2.05, 4.69) is 20.2 Å². The summed E-state index contributed by atoms with van der Waals surface area (Å²) in [5.74, 6) is 1.68. The van der Waals surface area contributed by atoms with Gasteiger partial charge in [0.2, 0.25) is 0 Å². The molecule has 1 aliphatic rings. The molecule has 0 bridgehead atoms. The first kappa shape index (κ1) is 15.5. The van der Waals surface area contributed by atoms with E-state index in [1.807, 2.05) is 11.6 Å². The first-order valence-electron chi connectivity index (χ1n) is 8.05. The Bertz CT molecular complexity index is 802. The first-order valence-corrected chi connectivity index (χ1v) is 8.99. The van der Waals surface area contributed by atoms with E-state index in [1.165, 1.54) is 12.1 Å². The number of nitrogens with zero attached hydrogens (tertiary/aromatic N) is 3. The Morgan fingerprint density at radius 2 is 2.29 bits per heavy atom. The maximum absolute atomic E-state index is 13.3. The van der Waals surface area contributed by atoms with Gasteiger partial charge in [-0.3, -0.25) is 4.90 Å². The predicted molar refractivity (Wildman–Crippen MR) is 90.5 cm³/mol. The summed E-state index contributed by atoms with van der Waals surface area (Å²) in [5, 5.41) is 2.09. The largest absolute Gasteiger partial charge is 0.445 e. The number of aromatic nitrogens is 2. The van der Waals surface area contributed by atoms with Crippen LogP contribution in [0, 0.1) is 5.82 Å². The number of thiazole rings is 1. The van der Waals surface area contributed by atoms with Crippen LogP contribution in [0.2, 0.25) is 0 Å². The fourth-order valence-electron chi connectivity index (χ4n) is 3.16. The van der Waals surface area contributed by atoms with Gasteiger partial charge in [0.05, 0.1) is 17.4 Å². The molecule has 0 aliphatic carbocycles. The highest BCUT2D eigenvalue weighted by Gasteiger charge is 2.27. The fraction of sp³-hybridized carbons (Fsp3) is 0.333. The summed E-state index contributed by atoms with van der Waals surface area (Å²) in [5.41, 5.74) is 3.89. The van der Waals surface area contributed by atoms with E-state index in [4.69, 9.17) is 4.42 Å². The predicted octanol–water partition coefficient (Wildman–Crippen LogP) is 3.85. The summed E-state index contributed by atoms with van der Waals surface area (Å²) in [7, 11) is 0. The maximum atomic E-state index is 13.3. The molecule has 0 radical (unpaired) electrons. The van der Waals surface area contributed by atoms with E-state index in [1.54, 1.807) is 23.6 Å². The van der Waals surface area contributed by atoms with E-state index >= 15 is 0 Å². The van der Waals surface area contributed by atoms with Gasteiger partial charge in [0.1, 0.15) is 11.6 Å². The van der Waals surface area contributed by atoms with Crippen molar-refractivity contribution in [2.45, 2.75) is 25.3 Å². The Morgan fingerprint density at radius 3 is 3.12 bits per heavy atom. The molecule has 0 unspecified atom stereocenters. The lowest BCUT2D eigenvalue weighted by Crippen LogP contribution is -2.19. The molecule has 1 fully saturated rings. The molecule has 0 saturated carbocycles. The zero-order valence-corrected chi connectivity index (χ0v) is 14.0. The second kappa shape index (κ2) is 6.83. The van der Waals surface area contributed by atoms with Gasteiger partial charge in [-0.15, -0.1) is 11.3 Å². The number of rotatable bonds is 5. The molecular formula is C18H18FN3OS. The molecule has 1 aromatic carbocycles. The molecule has 4 rings (SSSR count). The van der Waals surface area contributed by atoms with Gasteiger partial charge in [0.25, 0.3) is 0 Å². The van der Waals surface area contributed by atoms with Crippen LogP contribution in [0.25, 0.3) is 0 Å². The molecule has 1 saturated heterocycles. The minimum Gasteiger partial charge on any atom is -0.445 e. The number of hydrogen-bond acceptors (Lipinski definition) is 5. The summed E-state index contributed by atoms with van der Waals surface area (Å²) < 4.78 is 19.2. The highest BCUT2D eigenvalue weighted by Crippen LogP contribution is 2.28. The van der Waals surface area contributed by atoms with Crippen LogP contribution >= 0.6 is 11.3 Å². The molecule has 24 heavy (non-hydrogen) atoms. The Labute approximate surface area is 144 Å². The summed E-state index contributed by atoms with van der Waals surface area (Å²) in [6.45, 7) is 2.86. The highest BCUT2D eigenvalue weighted by molar-refractivity contribution is 7.07. The second-order valence-corrected chi connectivity index (χ2v) is 6.89. The van der Waals surface area contributed by atoms with Gasteiger partial charge in [-0.1, -0.05) is 12.1 Å². The zero-order chi connectivity index (χ0) is 16.4. The fourth-order valence-corrected chi connectivity index (χ4v) is 3.71. The van der Waals surface area contributed by atoms with Crippen molar-refractivity contribution in [3.05, 3.63) is 70.1 Å². The van der Waals surface area contributed by atoms with Crippen LogP contribution in [0.15, 0.2) is 45.8 Å². The van der Waals surface area contributed by atoms with E-state index in [0.717, 1.165) is 49.0 Å². The van der Waals surface area contributed by atoms with Gasteiger partial charge in [-0.2, -0.15) is 0 Å². The lowest BCUT2D eigenvalue weighted by molar-refractivity contribution is 0.315. The van der Waals surface area contributed by atoms with E-state index in [9.17, 15) is 4.39 Å². The molecule has 6 heteroatoms. The van der Waals surface area contributed by atoms with Crippen molar-refractivity contribution in [2.75, 3.05) is 13.1 Å². The monoisotopic (exact) mass is 343 g/mol. The average molecular weight is 343 g/mol. The summed E-state index contributed by atoms with van der Waals surface area (Å²) in [6, 6.07) is 6.60. The second-order valence-electron chi connectivity index (χ2n) is 6.17. The number of hydrogen-bond donors (Lipinski definition) is 0. The minimum absolute atomic E-state index is 0.222. The first-order chi connectivity index (χ1) is 11.8. The van der Waals surface area contributed by atoms with E-state index in [0.29, 0.717) is 12.3 Å². The number of halogens is 1. The normalized spacial score (nSPS) is 18.3. The van der Waals surface area contributed by atoms with Crippen molar-refractivity contribution in [1.82, 2.24) is 14.9 Å². The van der Waals surface area contributed by atoms with Crippen LogP contribution in [-0.4, -0.2) is 28.0 Å². The van der Waals surface area contributed by atoms with Crippen LogP contribution in [-0.2, 0) is 13.0 Å². The molecule has 0 N–H and O–H groups in total. The smallest absolute Gasteiger partial charge is 0.198 e. The molecule has 4 nitrogen and oxygen atoms in total. The number of oxazole rings is 1. The number of likely N-dealkylation sites (tertiary alicyclic amines) is 1. The molecule has 1 aliphatic heterocycles. The van der Waals surface area contributed by atoms with Crippen LogP contribution < -0.4 is 0 Å². The SMILES string of the molecule is Fc1cccc(Cc2cnc([C@H]3CCN(Cc4cscn4)C3)o2)c1. The Hall–Kier alpha value is -2.05. The van der Waals surface area contributed by atoms with Gasteiger partial charge < -0.3 is 4.42 Å². The Kier molecular flexibility index (Phi) is 4.40. The third-order valence-electron chi connectivity index (χ3n) is 4.33. The van der Waals surface area contributed by atoms with Crippen LogP contribution in [0.4, 0.5) is 4.39 Å². The Balaban J connectivity index is 1.38. The standard InChI is InChI=1S/C18H18FN3OS/c19-15-3-1-2-13(6-15)7-17-8-20-18(23-17)14-4-5-22(9-14)10-16-11-24-12-21-16/h1-3,6,8,11-12,14H,4-5,7,9-10H2/t14-/m0/s1. The molecule has 3 heterocycles. The van der Waals surface area contributed by atoms with E-state index < -0.39 is 0 Å². The van der Waals surface area contributed by atoms with E-state index in [-0.39, 0.29) is 5.82 Å². The van der Waals surface area contributed by atoms with Crippen molar-refractivity contribution in [3.8, 4) is 0 Å². The van der Waals surface area contributed by atoms with Crippen LogP contribution in [0.5, 0.6) is 0 Å². The van der Waals surface area contributed by atoms with Crippen molar-refractivity contribution < 1.29 is 8.81 Å². The third-order valence-corrected chi connectivity index (χ3v) is 4.96. The van der Waals surface area contributed by atoms with Gasteiger partial charge in [-0.05, 0) is 30.7 Å². The third kappa shape index (κ3) is 3.55. The Morgan fingerprint density at radius 1 is 1.33 bits per heavy atom. The van der Waals surface area contributed by atoms with Gasteiger partial charge in [0.15, 0.2) is 5.89 Å². The summed E-state index contributed by atoms with van der Waals surface area (Å²) in [4.78, 5) is 11.2. The van der Waals surface area contributed by atoms with Crippen molar-refractivity contribution >= 4 is 11.3 Å². The minimum atomic E-state index is -0.222. The average Bonchev–Trinajstić information content (AvgIpc) is 3.29. The highest BCUT2D eigenvalue weighted by atomic mass is 32.1. The topological polar surface area (TPSA) is 42.2 Å². The lowest BCUT2D eigenvalue weighted by atomic mass is 10.1. The van der Waals surface area contributed by atoms with Crippen molar-refractivity contribution in [1.29, 1.82) is 0 Å². The van der Waals surface area contributed by atoms with Gasteiger partial charge in [0, 0.05) is 30.8 Å². The maximum Gasteiger partial charge on any atom is 0.198 e. The van der Waals surface area contributed by atoms with Crippen molar-refractivity contribution in [2.24, 2.45) is 0 Å². The molecule has 124 valence electrons. The van der Waals surface area contributed by atoms with Crippen LogP contribution in [0.3, 0.4) is 0 Å². The zero-order valence-electron chi connectivity index (χ0n) is 13.2. The molecular weight excluding hydrogens is 325 g/mol. The van der Waals surface area contributed by atoms with Crippen molar-refractivity contribution in [3.63, 3.8) is 0 Å². The summed E-state index contributed by atoms with van der Waals surface area (Å²) in [6.07, 6.45) is 3.38. The molecule has 2 aromatic heterocycles. The lowest BCUT2D eigenvalue weighted by Gasteiger charge is -2.13. The van der Waals surface area contributed by atoms with Crippen LogP contribution in [0.1, 0.15) is 35.2 Å². The molecule has 0 spiro atoms.